The third-order valence-corrected chi connectivity index (χ3v) is 3.27. The lowest BCUT2D eigenvalue weighted by atomic mass is 9.77. The number of benzene rings is 1. The van der Waals surface area contributed by atoms with E-state index in [0.29, 0.717) is 12.8 Å². The molecule has 2 rings (SSSR count). The molecule has 0 amide bonds. The van der Waals surface area contributed by atoms with Gasteiger partial charge in [0.05, 0.1) is 11.4 Å². The van der Waals surface area contributed by atoms with Crippen molar-refractivity contribution in [1.82, 2.24) is 0 Å². The molecule has 17 heavy (non-hydrogen) atoms. The molecule has 5 heteroatoms. The Bertz CT molecular complexity index is 443. The van der Waals surface area contributed by atoms with E-state index in [-0.39, 0.29) is 17.2 Å². The maximum Gasteiger partial charge on any atom is 0.307 e. The second-order valence-electron chi connectivity index (χ2n) is 4.26. The van der Waals surface area contributed by atoms with Gasteiger partial charge in [0, 0.05) is 0 Å². The minimum absolute atomic E-state index is 0.0210. The van der Waals surface area contributed by atoms with Gasteiger partial charge in [-0.3, -0.25) is 4.79 Å². The second kappa shape index (κ2) is 4.53. The van der Waals surface area contributed by atoms with Crippen molar-refractivity contribution in [3.63, 3.8) is 0 Å². The van der Waals surface area contributed by atoms with Gasteiger partial charge in [-0.2, -0.15) is 0 Å². The summed E-state index contributed by atoms with van der Waals surface area (Å²) >= 11 is 5.64. The van der Waals surface area contributed by atoms with Gasteiger partial charge in [-0.05, 0) is 31.4 Å². The number of carboxylic acid groups (broad SMARTS) is 1. The van der Waals surface area contributed by atoms with Crippen LogP contribution in [-0.4, -0.2) is 16.7 Å². The van der Waals surface area contributed by atoms with Crippen molar-refractivity contribution in [2.75, 3.05) is 0 Å². The predicted octanol–water partition coefficient (Wildman–Crippen LogP) is 3.26. The van der Waals surface area contributed by atoms with Crippen molar-refractivity contribution < 1.29 is 19.0 Å². The Kier molecular flexibility index (Phi) is 3.24. The van der Waals surface area contributed by atoms with E-state index in [4.69, 9.17) is 21.4 Å². The first kappa shape index (κ1) is 12.2. The van der Waals surface area contributed by atoms with Gasteiger partial charge < -0.3 is 9.84 Å². The highest BCUT2D eigenvalue weighted by atomic mass is 35.5. The average molecular weight is 259 g/mol. The molecule has 0 saturated heterocycles. The number of hydrogen-bond donors (Lipinski definition) is 1. The van der Waals surface area contributed by atoms with E-state index in [1.165, 1.54) is 12.1 Å². The fourth-order valence-corrected chi connectivity index (χ4v) is 2.12. The highest BCUT2D eigenvalue weighted by molar-refractivity contribution is 6.30. The van der Waals surface area contributed by atoms with Crippen LogP contribution in [0.5, 0.6) is 5.75 Å². The highest BCUT2D eigenvalue weighted by Gasteiger charge is 2.42. The van der Waals surface area contributed by atoms with Gasteiger partial charge in [-0.15, -0.1) is 0 Å². The summed E-state index contributed by atoms with van der Waals surface area (Å²) in [6.07, 6.45) is 2.05. The van der Waals surface area contributed by atoms with Gasteiger partial charge in [0.25, 0.3) is 0 Å². The Labute approximate surface area is 103 Å². The Morgan fingerprint density at radius 3 is 2.76 bits per heavy atom. The molecule has 0 atom stereocenters. The molecule has 3 nitrogen and oxygen atoms in total. The number of carboxylic acids is 1. The van der Waals surface area contributed by atoms with Crippen LogP contribution in [0.25, 0.3) is 0 Å². The summed E-state index contributed by atoms with van der Waals surface area (Å²) in [5.74, 6) is -1.54. The summed E-state index contributed by atoms with van der Waals surface area (Å²) in [6.45, 7) is 0. The third-order valence-electron chi connectivity index (χ3n) is 2.98. The molecule has 1 aromatic carbocycles. The predicted molar refractivity (Wildman–Crippen MR) is 60.9 cm³/mol. The Morgan fingerprint density at radius 1 is 1.53 bits per heavy atom. The van der Waals surface area contributed by atoms with E-state index < -0.39 is 17.4 Å². The Morgan fingerprint density at radius 2 is 2.24 bits per heavy atom. The Balaban J connectivity index is 2.18. The molecule has 1 aliphatic carbocycles. The normalized spacial score (nSPS) is 17.3. The highest BCUT2D eigenvalue weighted by Crippen LogP contribution is 2.40. The third kappa shape index (κ3) is 2.52. The molecular formula is C12H12ClFO3. The van der Waals surface area contributed by atoms with Crippen molar-refractivity contribution in [2.24, 2.45) is 0 Å². The molecule has 1 N–H and O–H groups in total. The summed E-state index contributed by atoms with van der Waals surface area (Å²) in [5, 5.41) is 8.80. The molecule has 1 saturated carbocycles. The summed E-state index contributed by atoms with van der Waals surface area (Å²) in [5.41, 5.74) is -0.767. The molecular weight excluding hydrogens is 247 g/mol. The van der Waals surface area contributed by atoms with E-state index in [0.717, 1.165) is 6.42 Å². The lowest BCUT2D eigenvalue weighted by molar-refractivity contribution is -0.144. The molecule has 1 fully saturated rings. The number of aliphatic carboxylic acids is 1. The number of hydrogen-bond acceptors (Lipinski definition) is 2. The molecule has 1 aliphatic rings. The average Bonchev–Trinajstić information content (AvgIpc) is 2.21. The van der Waals surface area contributed by atoms with Crippen molar-refractivity contribution in [3.8, 4) is 5.75 Å². The van der Waals surface area contributed by atoms with E-state index in [2.05, 4.69) is 0 Å². The fourth-order valence-electron chi connectivity index (χ4n) is 1.96. The molecule has 0 radical (unpaired) electrons. The van der Waals surface area contributed by atoms with Crippen molar-refractivity contribution in [1.29, 1.82) is 0 Å². The zero-order valence-electron chi connectivity index (χ0n) is 9.08. The number of carbonyl (C=O) groups is 1. The van der Waals surface area contributed by atoms with Gasteiger partial charge in [-0.25, -0.2) is 4.39 Å². The zero-order chi connectivity index (χ0) is 12.5. The van der Waals surface area contributed by atoms with Gasteiger partial charge in [-0.1, -0.05) is 17.7 Å². The molecule has 0 heterocycles. The number of halogens is 2. The lowest BCUT2D eigenvalue weighted by Gasteiger charge is -2.40. The molecule has 0 bridgehead atoms. The van der Waals surface area contributed by atoms with Crippen LogP contribution in [0, 0.1) is 5.82 Å². The summed E-state index contributed by atoms with van der Waals surface area (Å²) in [6, 6.07) is 4.46. The minimum atomic E-state index is -0.938. The van der Waals surface area contributed by atoms with E-state index in [1.54, 1.807) is 6.07 Å². The van der Waals surface area contributed by atoms with Gasteiger partial charge in [0.15, 0.2) is 11.6 Å². The smallest absolute Gasteiger partial charge is 0.307 e. The van der Waals surface area contributed by atoms with Gasteiger partial charge in [0.1, 0.15) is 5.60 Å². The first-order valence-corrected chi connectivity index (χ1v) is 5.75. The van der Waals surface area contributed by atoms with Crippen LogP contribution in [0.15, 0.2) is 18.2 Å². The first-order valence-electron chi connectivity index (χ1n) is 5.37. The van der Waals surface area contributed by atoms with Crippen LogP contribution in [0.1, 0.15) is 25.7 Å². The van der Waals surface area contributed by atoms with Crippen LogP contribution in [0.4, 0.5) is 4.39 Å². The molecule has 1 aromatic rings. The maximum atomic E-state index is 13.6. The molecule has 0 aliphatic heterocycles. The van der Waals surface area contributed by atoms with Crippen molar-refractivity contribution in [3.05, 3.63) is 29.0 Å². The van der Waals surface area contributed by atoms with Crippen LogP contribution in [0.2, 0.25) is 5.02 Å². The SMILES string of the molecule is O=C(O)CC1(Oc2cccc(Cl)c2F)CCC1. The van der Waals surface area contributed by atoms with E-state index >= 15 is 0 Å². The van der Waals surface area contributed by atoms with Crippen molar-refractivity contribution in [2.45, 2.75) is 31.3 Å². The Hall–Kier alpha value is -1.29. The standard InChI is InChI=1S/C12H12ClFO3/c13-8-3-1-4-9(11(8)14)17-12(5-2-6-12)7-10(15)16/h1,3-4H,2,5-7H2,(H,15,16). The summed E-state index contributed by atoms with van der Waals surface area (Å²) in [4.78, 5) is 10.7. The quantitative estimate of drug-likeness (QED) is 0.902. The van der Waals surface area contributed by atoms with Gasteiger partial charge >= 0.3 is 5.97 Å². The van der Waals surface area contributed by atoms with Gasteiger partial charge in [0.2, 0.25) is 0 Å². The number of rotatable bonds is 4. The second-order valence-corrected chi connectivity index (χ2v) is 4.67. The van der Waals surface area contributed by atoms with E-state index in [1.807, 2.05) is 0 Å². The van der Waals surface area contributed by atoms with E-state index in [9.17, 15) is 9.18 Å². The van der Waals surface area contributed by atoms with Crippen LogP contribution in [-0.2, 0) is 4.79 Å². The molecule has 92 valence electrons. The fraction of sp³-hybridized carbons (Fsp3) is 0.417. The van der Waals surface area contributed by atoms with Crippen molar-refractivity contribution >= 4 is 17.6 Å². The lowest BCUT2D eigenvalue weighted by Crippen LogP contribution is -2.45. The summed E-state index contributed by atoms with van der Waals surface area (Å²) in [7, 11) is 0. The monoisotopic (exact) mass is 258 g/mol. The molecule has 0 spiro atoms. The molecule has 0 unspecified atom stereocenters. The van der Waals surface area contributed by atoms with Crippen LogP contribution < -0.4 is 4.74 Å². The minimum Gasteiger partial charge on any atom is -0.484 e. The molecule has 0 aromatic heterocycles. The number of ether oxygens (including phenoxy) is 1. The maximum absolute atomic E-state index is 13.6. The summed E-state index contributed by atoms with van der Waals surface area (Å²) < 4.78 is 19.1. The van der Waals surface area contributed by atoms with Crippen LogP contribution in [0.3, 0.4) is 0 Å². The largest absolute Gasteiger partial charge is 0.484 e. The zero-order valence-corrected chi connectivity index (χ0v) is 9.84. The van der Waals surface area contributed by atoms with Crippen LogP contribution >= 0.6 is 11.6 Å². The first-order chi connectivity index (χ1) is 8.02. The topological polar surface area (TPSA) is 46.5 Å².